The van der Waals surface area contributed by atoms with E-state index < -0.39 is 0 Å². The average Bonchev–Trinajstić information content (AvgIpc) is 2.68. The van der Waals surface area contributed by atoms with Crippen LogP contribution in [-0.2, 0) is 6.54 Å². The minimum absolute atomic E-state index is 0.327. The van der Waals surface area contributed by atoms with Gasteiger partial charge in [-0.15, -0.1) is 0 Å². The molecule has 27 heavy (non-hydrogen) atoms. The molecule has 6 nitrogen and oxygen atoms in total. The Morgan fingerprint density at radius 3 is 2.74 bits per heavy atom. The van der Waals surface area contributed by atoms with Crippen molar-refractivity contribution in [3.8, 4) is 6.07 Å². The predicted octanol–water partition coefficient (Wildman–Crippen LogP) is 3.14. The van der Waals surface area contributed by atoms with Gasteiger partial charge in [0.15, 0.2) is 0 Å². The van der Waals surface area contributed by atoms with Gasteiger partial charge >= 0.3 is 5.63 Å². The van der Waals surface area contributed by atoms with Crippen LogP contribution in [0, 0.1) is 11.3 Å². The Bertz CT molecular complexity index is 1080. The molecule has 1 saturated heterocycles. The van der Waals surface area contributed by atoms with E-state index >= 15 is 0 Å². The van der Waals surface area contributed by atoms with Crippen molar-refractivity contribution in [3.05, 3.63) is 68.6 Å². The van der Waals surface area contributed by atoms with Crippen LogP contribution in [0.15, 0.2) is 56.3 Å². The maximum absolute atomic E-state index is 11.9. The number of nitriles is 1. The summed E-state index contributed by atoms with van der Waals surface area (Å²) in [5, 5.41) is 10.0. The number of anilines is 1. The number of fused-ring (bicyclic) bond motifs is 1. The van der Waals surface area contributed by atoms with Gasteiger partial charge in [-0.3, -0.25) is 4.90 Å². The number of pyridine rings is 1. The van der Waals surface area contributed by atoms with Gasteiger partial charge in [0.2, 0.25) is 0 Å². The quantitative estimate of drug-likeness (QED) is 0.601. The van der Waals surface area contributed by atoms with Gasteiger partial charge in [0.25, 0.3) is 0 Å². The Balaban J connectivity index is 1.49. The summed E-state index contributed by atoms with van der Waals surface area (Å²) in [4.78, 5) is 20.8. The maximum Gasteiger partial charge on any atom is 0.336 e. The highest BCUT2D eigenvalue weighted by Gasteiger charge is 2.19. The van der Waals surface area contributed by atoms with E-state index in [1.165, 1.54) is 0 Å². The number of halogens is 1. The Morgan fingerprint density at radius 1 is 1.15 bits per heavy atom. The zero-order chi connectivity index (χ0) is 18.8. The average molecular weight is 425 g/mol. The number of hydrogen-bond donors (Lipinski definition) is 0. The zero-order valence-electron chi connectivity index (χ0n) is 14.6. The van der Waals surface area contributed by atoms with Gasteiger partial charge < -0.3 is 9.32 Å². The third-order valence-corrected chi connectivity index (χ3v) is 5.25. The van der Waals surface area contributed by atoms with Gasteiger partial charge in [-0.1, -0.05) is 15.9 Å². The van der Waals surface area contributed by atoms with Crippen LogP contribution >= 0.6 is 15.9 Å². The second-order valence-electron chi connectivity index (χ2n) is 6.51. The molecule has 1 aliphatic rings. The summed E-state index contributed by atoms with van der Waals surface area (Å²) in [5.41, 5.74) is 1.87. The van der Waals surface area contributed by atoms with E-state index in [0.29, 0.717) is 17.7 Å². The molecule has 3 aromatic rings. The molecule has 0 spiro atoms. The second-order valence-corrected chi connectivity index (χ2v) is 7.42. The highest BCUT2D eigenvalue weighted by molar-refractivity contribution is 9.10. The van der Waals surface area contributed by atoms with Gasteiger partial charge in [-0.05, 0) is 35.9 Å². The van der Waals surface area contributed by atoms with E-state index in [1.807, 2.05) is 24.3 Å². The minimum Gasteiger partial charge on any atom is -0.423 e. The van der Waals surface area contributed by atoms with Crippen molar-refractivity contribution in [3.63, 3.8) is 0 Å². The predicted molar refractivity (Wildman–Crippen MR) is 107 cm³/mol. The standard InChI is InChI=1S/C20H17BrN4O2/c21-16-1-2-17-15(10-20(26)27-18(17)11-16)13-24-5-7-25(8-6-24)19-9-14(12-22)3-4-23-19/h1-4,9-11H,5-8,13H2. The summed E-state index contributed by atoms with van der Waals surface area (Å²) in [7, 11) is 0. The Labute approximate surface area is 164 Å². The molecule has 1 aromatic carbocycles. The molecular formula is C20H17BrN4O2. The summed E-state index contributed by atoms with van der Waals surface area (Å²) < 4.78 is 6.21. The fraction of sp³-hybridized carbons (Fsp3) is 0.250. The summed E-state index contributed by atoms with van der Waals surface area (Å²) in [6, 6.07) is 13.0. The van der Waals surface area contributed by atoms with Gasteiger partial charge in [0.1, 0.15) is 11.4 Å². The van der Waals surface area contributed by atoms with Crippen molar-refractivity contribution in [2.24, 2.45) is 0 Å². The first-order valence-electron chi connectivity index (χ1n) is 8.68. The molecule has 0 aliphatic carbocycles. The molecule has 2 aromatic heterocycles. The molecule has 3 heterocycles. The van der Waals surface area contributed by atoms with Crippen LogP contribution < -0.4 is 10.5 Å². The smallest absolute Gasteiger partial charge is 0.336 e. The molecule has 0 atom stereocenters. The van der Waals surface area contributed by atoms with Crippen LogP contribution in [0.25, 0.3) is 11.0 Å². The summed E-state index contributed by atoms with van der Waals surface area (Å²) >= 11 is 3.42. The van der Waals surface area contributed by atoms with Crippen LogP contribution in [0.4, 0.5) is 5.82 Å². The van der Waals surface area contributed by atoms with Crippen LogP contribution in [0.1, 0.15) is 11.1 Å². The molecule has 7 heteroatoms. The first-order chi connectivity index (χ1) is 13.1. The topological polar surface area (TPSA) is 73.4 Å². The van der Waals surface area contributed by atoms with Crippen LogP contribution in [-0.4, -0.2) is 36.1 Å². The van der Waals surface area contributed by atoms with Crippen molar-refractivity contribution in [1.82, 2.24) is 9.88 Å². The van der Waals surface area contributed by atoms with Crippen LogP contribution in [0.3, 0.4) is 0 Å². The molecule has 0 radical (unpaired) electrons. The number of rotatable bonds is 3. The Morgan fingerprint density at radius 2 is 1.96 bits per heavy atom. The maximum atomic E-state index is 11.9. The molecule has 0 saturated carbocycles. The van der Waals surface area contributed by atoms with E-state index in [0.717, 1.165) is 47.4 Å². The van der Waals surface area contributed by atoms with E-state index in [1.54, 1.807) is 18.3 Å². The molecule has 136 valence electrons. The lowest BCUT2D eigenvalue weighted by Gasteiger charge is -2.35. The van der Waals surface area contributed by atoms with Gasteiger partial charge in [0.05, 0.1) is 11.6 Å². The molecule has 1 aliphatic heterocycles. The number of piperazine rings is 1. The second kappa shape index (κ2) is 7.51. The van der Waals surface area contributed by atoms with Crippen molar-refractivity contribution >= 4 is 32.7 Å². The molecule has 0 unspecified atom stereocenters. The van der Waals surface area contributed by atoms with Crippen molar-refractivity contribution in [2.45, 2.75) is 6.54 Å². The number of benzene rings is 1. The Hall–Kier alpha value is -2.69. The molecule has 0 N–H and O–H groups in total. The van der Waals surface area contributed by atoms with Gasteiger partial charge in [0, 0.05) is 54.8 Å². The Kier molecular flexibility index (Phi) is 4.92. The third-order valence-electron chi connectivity index (χ3n) is 4.76. The highest BCUT2D eigenvalue weighted by atomic mass is 79.9. The summed E-state index contributed by atoms with van der Waals surface area (Å²) in [6.45, 7) is 4.07. The number of aromatic nitrogens is 1. The summed E-state index contributed by atoms with van der Waals surface area (Å²) in [5.74, 6) is 0.837. The van der Waals surface area contributed by atoms with Gasteiger partial charge in [-0.2, -0.15) is 5.26 Å². The number of hydrogen-bond acceptors (Lipinski definition) is 6. The molecular weight excluding hydrogens is 408 g/mol. The third kappa shape index (κ3) is 3.87. The largest absolute Gasteiger partial charge is 0.423 e. The van der Waals surface area contributed by atoms with E-state index in [2.05, 4.69) is 36.8 Å². The van der Waals surface area contributed by atoms with E-state index in [4.69, 9.17) is 9.68 Å². The van der Waals surface area contributed by atoms with E-state index in [9.17, 15) is 4.79 Å². The highest BCUT2D eigenvalue weighted by Crippen LogP contribution is 2.23. The normalized spacial score (nSPS) is 15.0. The fourth-order valence-electron chi connectivity index (χ4n) is 3.37. The van der Waals surface area contributed by atoms with Crippen molar-refractivity contribution < 1.29 is 4.42 Å². The summed E-state index contributed by atoms with van der Waals surface area (Å²) in [6.07, 6.45) is 1.67. The van der Waals surface area contributed by atoms with Gasteiger partial charge in [-0.25, -0.2) is 9.78 Å². The lowest BCUT2D eigenvalue weighted by Crippen LogP contribution is -2.46. The van der Waals surface area contributed by atoms with E-state index in [-0.39, 0.29) is 5.63 Å². The van der Waals surface area contributed by atoms with Crippen molar-refractivity contribution in [1.29, 1.82) is 5.26 Å². The zero-order valence-corrected chi connectivity index (χ0v) is 16.1. The minimum atomic E-state index is -0.327. The van der Waals surface area contributed by atoms with Crippen LogP contribution in [0.5, 0.6) is 0 Å². The first kappa shape index (κ1) is 17.7. The molecule has 4 rings (SSSR count). The number of nitrogens with zero attached hydrogens (tertiary/aromatic N) is 4. The first-order valence-corrected chi connectivity index (χ1v) is 9.47. The monoisotopic (exact) mass is 424 g/mol. The lowest BCUT2D eigenvalue weighted by atomic mass is 10.1. The molecule has 1 fully saturated rings. The fourth-order valence-corrected chi connectivity index (χ4v) is 3.71. The molecule has 0 bridgehead atoms. The SMILES string of the molecule is N#Cc1ccnc(N2CCN(Cc3cc(=O)oc4cc(Br)ccc34)CC2)c1. The van der Waals surface area contributed by atoms with Crippen molar-refractivity contribution in [2.75, 3.05) is 31.1 Å². The van der Waals surface area contributed by atoms with Crippen LogP contribution in [0.2, 0.25) is 0 Å². The lowest BCUT2D eigenvalue weighted by molar-refractivity contribution is 0.249. The molecule has 0 amide bonds.